The minimum absolute atomic E-state index is 0.870. The van der Waals surface area contributed by atoms with Crippen molar-refractivity contribution in [1.82, 2.24) is 10.2 Å². The van der Waals surface area contributed by atoms with Gasteiger partial charge in [0.1, 0.15) is 5.75 Å². The van der Waals surface area contributed by atoms with Crippen LogP contribution in [0.3, 0.4) is 0 Å². The third-order valence-corrected chi connectivity index (χ3v) is 4.50. The Hall–Kier alpha value is -1.06. The highest BCUT2D eigenvalue weighted by molar-refractivity contribution is 5.37. The van der Waals surface area contributed by atoms with Crippen molar-refractivity contribution in [3.63, 3.8) is 0 Å². The van der Waals surface area contributed by atoms with Gasteiger partial charge in [-0.25, -0.2) is 0 Å². The van der Waals surface area contributed by atoms with E-state index in [1.54, 1.807) is 7.11 Å². The summed E-state index contributed by atoms with van der Waals surface area (Å²) in [4.78, 5) is 2.59. The van der Waals surface area contributed by atoms with Crippen LogP contribution in [0.15, 0.2) is 18.2 Å². The van der Waals surface area contributed by atoms with Crippen LogP contribution in [0.4, 0.5) is 0 Å². The lowest BCUT2D eigenvalue weighted by Crippen LogP contribution is -2.34. The molecule has 3 heteroatoms. The second-order valence-corrected chi connectivity index (χ2v) is 6.08. The summed E-state index contributed by atoms with van der Waals surface area (Å²) in [6, 6.07) is 6.58. The van der Waals surface area contributed by atoms with Gasteiger partial charge in [-0.05, 0) is 49.5 Å². The van der Waals surface area contributed by atoms with Crippen molar-refractivity contribution in [2.24, 2.45) is 5.92 Å². The maximum Gasteiger partial charge on any atom is 0.123 e. The van der Waals surface area contributed by atoms with E-state index in [4.69, 9.17) is 4.74 Å². The monoisotopic (exact) mass is 290 g/mol. The summed E-state index contributed by atoms with van der Waals surface area (Å²) >= 11 is 0. The number of rotatable bonds is 7. The molecule has 3 nitrogen and oxygen atoms in total. The van der Waals surface area contributed by atoms with Gasteiger partial charge in [0.05, 0.1) is 7.11 Å². The van der Waals surface area contributed by atoms with E-state index in [0.717, 1.165) is 31.3 Å². The number of benzene rings is 1. The lowest BCUT2D eigenvalue weighted by Gasteiger charge is -2.32. The Labute approximate surface area is 129 Å². The summed E-state index contributed by atoms with van der Waals surface area (Å²) in [6.45, 7) is 9.86. The Bertz CT molecular complexity index is 433. The smallest absolute Gasteiger partial charge is 0.123 e. The third-order valence-electron chi connectivity index (χ3n) is 4.50. The molecule has 1 fully saturated rings. The van der Waals surface area contributed by atoms with Gasteiger partial charge in [-0.3, -0.25) is 4.90 Å². The highest BCUT2D eigenvalue weighted by atomic mass is 16.5. The molecule has 1 aliphatic rings. The molecule has 0 bridgehead atoms. The van der Waals surface area contributed by atoms with Crippen LogP contribution in [0.5, 0.6) is 5.75 Å². The average Bonchev–Trinajstić information content (AvgIpc) is 2.53. The minimum atomic E-state index is 0.870. The van der Waals surface area contributed by atoms with E-state index in [9.17, 15) is 0 Å². The van der Waals surface area contributed by atoms with Crippen molar-refractivity contribution in [2.75, 3.05) is 26.7 Å². The number of nitrogens with zero attached hydrogens (tertiary/aromatic N) is 1. The van der Waals surface area contributed by atoms with E-state index >= 15 is 0 Å². The fourth-order valence-electron chi connectivity index (χ4n) is 3.20. The second kappa shape index (κ2) is 8.40. The lowest BCUT2D eigenvalue weighted by molar-refractivity contribution is 0.163. The quantitative estimate of drug-likeness (QED) is 0.832. The number of hydrogen-bond acceptors (Lipinski definition) is 3. The molecule has 0 aliphatic carbocycles. The van der Waals surface area contributed by atoms with E-state index in [2.05, 4.69) is 42.3 Å². The molecule has 1 N–H and O–H groups in total. The molecule has 1 unspecified atom stereocenters. The molecule has 1 aromatic rings. The van der Waals surface area contributed by atoms with Crippen LogP contribution in [0.1, 0.15) is 44.2 Å². The lowest BCUT2D eigenvalue weighted by atomic mass is 9.95. The fourth-order valence-corrected chi connectivity index (χ4v) is 3.20. The zero-order valence-electron chi connectivity index (χ0n) is 13.8. The largest absolute Gasteiger partial charge is 0.496 e. The van der Waals surface area contributed by atoms with Gasteiger partial charge in [0.15, 0.2) is 0 Å². The maximum atomic E-state index is 5.55. The van der Waals surface area contributed by atoms with Gasteiger partial charge in [0.25, 0.3) is 0 Å². The van der Waals surface area contributed by atoms with Gasteiger partial charge in [-0.2, -0.15) is 0 Å². The molecule has 1 heterocycles. The predicted molar refractivity (Wildman–Crippen MR) is 88.7 cm³/mol. The van der Waals surface area contributed by atoms with Crippen molar-refractivity contribution in [3.05, 3.63) is 29.3 Å². The van der Waals surface area contributed by atoms with Crippen LogP contribution in [0.25, 0.3) is 0 Å². The molecule has 0 saturated carbocycles. The van der Waals surface area contributed by atoms with Crippen LogP contribution in [0.2, 0.25) is 0 Å². The molecule has 0 spiro atoms. The van der Waals surface area contributed by atoms with Crippen molar-refractivity contribution in [1.29, 1.82) is 0 Å². The van der Waals surface area contributed by atoms with Crippen molar-refractivity contribution >= 4 is 0 Å². The van der Waals surface area contributed by atoms with Gasteiger partial charge in [0, 0.05) is 25.2 Å². The van der Waals surface area contributed by atoms with E-state index in [1.165, 1.54) is 43.5 Å². The van der Waals surface area contributed by atoms with Gasteiger partial charge in [0.2, 0.25) is 0 Å². The van der Waals surface area contributed by atoms with Crippen molar-refractivity contribution in [2.45, 2.75) is 46.2 Å². The Balaban J connectivity index is 2.05. The Morgan fingerprint density at radius 1 is 1.33 bits per heavy atom. The van der Waals surface area contributed by atoms with Gasteiger partial charge < -0.3 is 10.1 Å². The number of methoxy groups -OCH3 is 1. The van der Waals surface area contributed by atoms with Gasteiger partial charge in [-0.1, -0.05) is 26.3 Å². The predicted octanol–water partition coefficient (Wildman–Crippen LogP) is 3.43. The number of nitrogens with one attached hydrogen (secondary N) is 1. The topological polar surface area (TPSA) is 24.5 Å². The summed E-state index contributed by atoms with van der Waals surface area (Å²) < 4.78 is 5.55. The molecule has 0 aromatic heterocycles. The van der Waals surface area contributed by atoms with Crippen LogP contribution in [-0.2, 0) is 13.1 Å². The maximum absolute atomic E-state index is 5.55. The number of hydrogen-bond donors (Lipinski definition) is 1. The molecule has 2 rings (SSSR count). The summed E-state index contributed by atoms with van der Waals surface area (Å²) in [5.41, 5.74) is 2.67. The summed E-state index contributed by atoms with van der Waals surface area (Å²) in [7, 11) is 1.77. The molecular formula is C18H30N2O. The van der Waals surface area contributed by atoms with E-state index < -0.39 is 0 Å². The molecule has 118 valence electrons. The van der Waals surface area contributed by atoms with Gasteiger partial charge in [-0.15, -0.1) is 0 Å². The van der Waals surface area contributed by atoms with Crippen LogP contribution in [0, 0.1) is 5.92 Å². The van der Waals surface area contributed by atoms with E-state index in [-0.39, 0.29) is 0 Å². The first kappa shape index (κ1) is 16.3. The summed E-state index contributed by atoms with van der Waals surface area (Å²) in [5, 5.41) is 3.39. The Morgan fingerprint density at radius 3 is 2.90 bits per heavy atom. The number of ether oxygens (including phenoxy) is 1. The molecule has 1 aliphatic heterocycles. The molecule has 0 radical (unpaired) electrons. The number of likely N-dealkylation sites (tertiary alicyclic amines) is 1. The summed E-state index contributed by atoms with van der Waals surface area (Å²) in [5.74, 6) is 1.89. The molecular weight excluding hydrogens is 260 g/mol. The molecule has 1 aromatic carbocycles. The minimum Gasteiger partial charge on any atom is -0.496 e. The first-order valence-corrected chi connectivity index (χ1v) is 8.35. The van der Waals surface area contributed by atoms with Crippen LogP contribution < -0.4 is 10.1 Å². The normalized spacial score (nSPS) is 19.7. The van der Waals surface area contributed by atoms with Crippen molar-refractivity contribution < 1.29 is 4.74 Å². The average molecular weight is 290 g/mol. The highest BCUT2D eigenvalue weighted by Crippen LogP contribution is 2.25. The zero-order chi connectivity index (χ0) is 15.1. The Morgan fingerprint density at radius 2 is 2.19 bits per heavy atom. The highest BCUT2D eigenvalue weighted by Gasteiger charge is 2.19. The number of piperidine rings is 1. The standard InChI is InChI=1S/C18H30N2O/c1-4-15-7-6-10-20(13-15)14-17-11-16(12-19-5-2)8-9-18(17)21-3/h8-9,11,15,19H,4-7,10,12-14H2,1-3H3. The summed E-state index contributed by atoms with van der Waals surface area (Å²) in [6.07, 6.45) is 4.02. The van der Waals surface area contributed by atoms with E-state index in [1.807, 2.05) is 0 Å². The molecule has 21 heavy (non-hydrogen) atoms. The van der Waals surface area contributed by atoms with Crippen LogP contribution in [-0.4, -0.2) is 31.6 Å². The molecule has 1 saturated heterocycles. The second-order valence-electron chi connectivity index (χ2n) is 6.08. The van der Waals surface area contributed by atoms with E-state index in [0.29, 0.717) is 0 Å². The van der Waals surface area contributed by atoms with Crippen molar-refractivity contribution in [3.8, 4) is 5.75 Å². The molecule has 0 amide bonds. The fraction of sp³-hybridized carbons (Fsp3) is 0.667. The third kappa shape index (κ3) is 4.72. The first-order valence-electron chi connectivity index (χ1n) is 8.35. The first-order chi connectivity index (χ1) is 10.3. The zero-order valence-corrected chi connectivity index (χ0v) is 13.8. The Kier molecular flexibility index (Phi) is 6.52. The SMILES string of the molecule is CCNCc1ccc(OC)c(CN2CCCC(CC)C2)c1. The molecule has 1 atom stereocenters. The van der Waals surface area contributed by atoms with Gasteiger partial charge >= 0.3 is 0 Å². The van der Waals surface area contributed by atoms with Crippen LogP contribution >= 0.6 is 0 Å².